The molecular formula is C7H2F3N3O2. The van der Waals surface area contributed by atoms with Crippen LogP contribution in [0.5, 0.6) is 0 Å². The quantitative estimate of drug-likeness (QED) is 0.357. The Labute approximate surface area is 80.4 Å². The van der Waals surface area contributed by atoms with Gasteiger partial charge in [-0.05, 0) is 11.6 Å². The van der Waals surface area contributed by atoms with Crippen molar-refractivity contribution in [2.45, 2.75) is 0 Å². The van der Waals surface area contributed by atoms with Crippen molar-refractivity contribution in [3.8, 4) is 0 Å². The van der Waals surface area contributed by atoms with Gasteiger partial charge in [0.15, 0.2) is 17.5 Å². The second-order valence-electron chi connectivity index (χ2n) is 2.38. The highest BCUT2D eigenvalue weighted by molar-refractivity contribution is 5.89. The Morgan fingerprint density at radius 3 is 2.47 bits per heavy atom. The number of carboxylic acid groups (broad SMARTS) is 1. The molecule has 1 aromatic rings. The van der Waals surface area contributed by atoms with Gasteiger partial charge in [-0.25, -0.2) is 18.0 Å². The molecule has 0 aliphatic heterocycles. The first-order valence-corrected chi connectivity index (χ1v) is 3.45. The predicted molar refractivity (Wildman–Crippen MR) is 42.1 cm³/mol. The lowest BCUT2D eigenvalue weighted by Gasteiger charge is -2.03. The molecule has 78 valence electrons. The van der Waals surface area contributed by atoms with E-state index in [-0.39, 0.29) is 6.07 Å². The molecule has 0 fully saturated rings. The first-order chi connectivity index (χ1) is 6.99. The maximum Gasteiger partial charge on any atom is 0.341 e. The van der Waals surface area contributed by atoms with Crippen molar-refractivity contribution < 1.29 is 23.1 Å². The lowest BCUT2D eigenvalue weighted by Crippen LogP contribution is -2.06. The predicted octanol–water partition coefficient (Wildman–Crippen LogP) is 2.74. The van der Waals surface area contributed by atoms with Gasteiger partial charge < -0.3 is 5.11 Å². The monoisotopic (exact) mass is 217 g/mol. The summed E-state index contributed by atoms with van der Waals surface area (Å²) in [6.07, 6.45) is 0. The third kappa shape index (κ3) is 1.84. The van der Waals surface area contributed by atoms with E-state index >= 15 is 0 Å². The van der Waals surface area contributed by atoms with Gasteiger partial charge in [0.25, 0.3) is 0 Å². The number of hydrogen-bond donors (Lipinski definition) is 1. The standard InChI is InChI=1S/C7H2F3N3O2/c8-2-1-3(12-13-11)6(10)4(5(2)9)7(14)15/h1H,(H,14,15). The fourth-order valence-corrected chi connectivity index (χ4v) is 0.899. The molecular weight excluding hydrogens is 215 g/mol. The van der Waals surface area contributed by atoms with Crippen LogP contribution in [0.15, 0.2) is 11.2 Å². The highest BCUT2D eigenvalue weighted by Gasteiger charge is 2.23. The summed E-state index contributed by atoms with van der Waals surface area (Å²) in [5.41, 5.74) is 5.56. The van der Waals surface area contributed by atoms with E-state index in [1.165, 1.54) is 0 Å². The molecule has 0 heterocycles. The molecule has 0 aliphatic rings. The zero-order valence-corrected chi connectivity index (χ0v) is 6.91. The minimum Gasteiger partial charge on any atom is -0.477 e. The van der Waals surface area contributed by atoms with Gasteiger partial charge in [0.05, 0.1) is 5.69 Å². The SMILES string of the molecule is [N-]=[N+]=Nc1cc(F)c(F)c(C(=O)O)c1F. The van der Waals surface area contributed by atoms with Crippen LogP contribution in [0.2, 0.25) is 0 Å². The number of azide groups is 1. The van der Waals surface area contributed by atoms with Gasteiger partial charge in [-0.2, -0.15) is 0 Å². The largest absolute Gasteiger partial charge is 0.477 e. The second-order valence-corrected chi connectivity index (χ2v) is 2.38. The van der Waals surface area contributed by atoms with Gasteiger partial charge in [-0.3, -0.25) is 0 Å². The van der Waals surface area contributed by atoms with Gasteiger partial charge in [0.1, 0.15) is 5.56 Å². The molecule has 1 N–H and O–H groups in total. The number of nitrogens with zero attached hydrogens (tertiary/aromatic N) is 3. The summed E-state index contributed by atoms with van der Waals surface area (Å²) >= 11 is 0. The molecule has 0 saturated heterocycles. The van der Waals surface area contributed by atoms with Crippen LogP contribution >= 0.6 is 0 Å². The van der Waals surface area contributed by atoms with Crippen molar-refractivity contribution in [1.82, 2.24) is 0 Å². The Kier molecular flexibility index (Phi) is 2.82. The Morgan fingerprint density at radius 1 is 1.40 bits per heavy atom. The highest BCUT2D eigenvalue weighted by atomic mass is 19.2. The zero-order chi connectivity index (χ0) is 11.6. The van der Waals surface area contributed by atoms with Gasteiger partial charge >= 0.3 is 5.97 Å². The summed E-state index contributed by atoms with van der Waals surface area (Å²) in [5, 5.41) is 11.1. The fourth-order valence-electron chi connectivity index (χ4n) is 0.899. The second kappa shape index (κ2) is 3.89. The zero-order valence-electron chi connectivity index (χ0n) is 6.91. The van der Waals surface area contributed by atoms with Gasteiger partial charge in [-0.1, -0.05) is 5.11 Å². The molecule has 1 rings (SSSR count). The number of carboxylic acids is 1. The molecule has 1 aromatic carbocycles. The van der Waals surface area contributed by atoms with E-state index in [1.807, 2.05) is 0 Å². The van der Waals surface area contributed by atoms with E-state index in [2.05, 4.69) is 10.0 Å². The maximum absolute atomic E-state index is 13.1. The molecule has 0 atom stereocenters. The van der Waals surface area contributed by atoms with Crippen molar-refractivity contribution in [2.24, 2.45) is 5.11 Å². The van der Waals surface area contributed by atoms with E-state index in [0.717, 1.165) is 0 Å². The molecule has 0 unspecified atom stereocenters. The Morgan fingerprint density at radius 2 is 2.00 bits per heavy atom. The van der Waals surface area contributed by atoms with Gasteiger partial charge in [-0.15, -0.1) is 0 Å². The Bertz CT molecular complexity index is 483. The number of aromatic carboxylic acids is 1. The lowest BCUT2D eigenvalue weighted by molar-refractivity contribution is 0.0685. The molecule has 0 aromatic heterocycles. The average Bonchev–Trinajstić information content (AvgIpc) is 2.14. The van der Waals surface area contributed by atoms with Crippen LogP contribution in [0, 0.1) is 17.5 Å². The molecule has 15 heavy (non-hydrogen) atoms. The van der Waals surface area contributed by atoms with Crippen LogP contribution in [0.3, 0.4) is 0 Å². The topological polar surface area (TPSA) is 86.1 Å². The van der Waals surface area contributed by atoms with Crippen LogP contribution in [-0.2, 0) is 0 Å². The van der Waals surface area contributed by atoms with E-state index in [0.29, 0.717) is 0 Å². The van der Waals surface area contributed by atoms with Crippen molar-refractivity contribution in [3.05, 3.63) is 39.5 Å². The molecule has 0 saturated carbocycles. The minimum atomic E-state index is -1.99. The van der Waals surface area contributed by atoms with Crippen molar-refractivity contribution in [1.29, 1.82) is 0 Å². The third-order valence-corrected chi connectivity index (χ3v) is 1.50. The molecule has 0 aliphatic carbocycles. The van der Waals surface area contributed by atoms with E-state index in [4.69, 9.17) is 10.6 Å². The van der Waals surface area contributed by atoms with Crippen LogP contribution in [-0.4, -0.2) is 11.1 Å². The number of hydrogen-bond acceptors (Lipinski definition) is 2. The first kappa shape index (κ1) is 10.9. The summed E-state index contributed by atoms with van der Waals surface area (Å²) in [6, 6.07) is 0.275. The molecule has 0 radical (unpaired) electrons. The minimum absolute atomic E-state index is 0.275. The summed E-state index contributed by atoms with van der Waals surface area (Å²) in [7, 11) is 0. The molecule has 5 nitrogen and oxygen atoms in total. The van der Waals surface area contributed by atoms with Crippen LogP contribution < -0.4 is 0 Å². The lowest BCUT2D eigenvalue weighted by atomic mass is 10.1. The Hall–Kier alpha value is -2.21. The number of rotatable bonds is 2. The summed E-state index contributed by atoms with van der Waals surface area (Å²) in [4.78, 5) is 12.5. The molecule has 8 heteroatoms. The molecule has 0 amide bonds. The normalized spacial score (nSPS) is 9.53. The van der Waals surface area contributed by atoms with E-state index < -0.39 is 34.7 Å². The average molecular weight is 217 g/mol. The van der Waals surface area contributed by atoms with E-state index in [9.17, 15) is 18.0 Å². The van der Waals surface area contributed by atoms with Crippen LogP contribution in [0.1, 0.15) is 10.4 Å². The maximum atomic E-state index is 13.1. The van der Waals surface area contributed by atoms with Crippen LogP contribution in [0.25, 0.3) is 10.4 Å². The highest BCUT2D eigenvalue weighted by Crippen LogP contribution is 2.26. The molecule has 0 bridgehead atoms. The van der Waals surface area contributed by atoms with Crippen molar-refractivity contribution in [2.75, 3.05) is 0 Å². The van der Waals surface area contributed by atoms with Crippen LogP contribution in [0.4, 0.5) is 18.9 Å². The van der Waals surface area contributed by atoms with Gasteiger partial charge in [0, 0.05) is 4.91 Å². The van der Waals surface area contributed by atoms with Crippen molar-refractivity contribution >= 4 is 11.7 Å². The fraction of sp³-hybridized carbons (Fsp3) is 0. The van der Waals surface area contributed by atoms with Gasteiger partial charge in [0.2, 0.25) is 0 Å². The Balaban J connectivity index is 3.62. The van der Waals surface area contributed by atoms with Crippen molar-refractivity contribution in [3.63, 3.8) is 0 Å². The third-order valence-electron chi connectivity index (χ3n) is 1.50. The summed E-state index contributed by atoms with van der Waals surface area (Å²) in [6.45, 7) is 0. The smallest absolute Gasteiger partial charge is 0.341 e. The number of benzene rings is 1. The number of halogens is 3. The van der Waals surface area contributed by atoms with E-state index in [1.54, 1.807) is 0 Å². The molecule has 0 spiro atoms. The summed E-state index contributed by atoms with van der Waals surface area (Å²) < 4.78 is 38.6. The summed E-state index contributed by atoms with van der Waals surface area (Å²) in [5.74, 6) is -7.04. The number of carbonyl (C=O) groups is 1. The first-order valence-electron chi connectivity index (χ1n) is 3.45.